The van der Waals surface area contributed by atoms with E-state index in [1.54, 1.807) is 11.8 Å². The molecule has 0 fully saturated rings. The monoisotopic (exact) mass is 195 g/mol. The molecule has 70 valence electrons. The Morgan fingerprint density at radius 3 is 2.62 bits per heavy atom. The SMILES string of the molecule is O=C([O-])CCSCc1ccccc1. The van der Waals surface area contributed by atoms with Crippen molar-refractivity contribution in [3.05, 3.63) is 35.9 Å². The molecule has 0 saturated carbocycles. The average molecular weight is 195 g/mol. The van der Waals surface area contributed by atoms with Gasteiger partial charge in [0.15, 0.2) is 0 Å². The molecular weight excluding hydrogens is 184 g/mol. The van der Waals surface area contributed by atoms with E-state index >= 15 is 0 Å². The molecule has 1 aromatic carbocycles. The van der Waals surface area contributed by atoms with Gasteiger partial charge >= 0.3 is 0 Å². The van der Waals surface area contributed by atoms with E-state index < -0.39 is 5.97 Å². The Hall–Kier alpha value is -0.960. The van der Waals surface area contributed by atoms with Crippen LogP contribution in [0.4, 0.5) is 0 Å². The third kappa shape index (κ3) is 4.58. The first-order valence-corrected chi connectivity index (χ1v) is 5.26. The van der Waals surface area contributed by atoms with Gasteiger partial charge in [0.05, 0.1) is 0 Å². The Bertz CT molecular complexity index is 259. The summed E-state index contributed by atoms with van der Waals surface area (Å²) < 4.78 is 0. The van der Waals surface area contributed by atoms with Crippen LogP contribution in [0.2, 0.25) is 0 Å². The second-order valence-corrected chi connectivity index (χ2v) is 3.77. The Balaban J connectivity index is 2.17. The summed E-state index contributed by atoms with van der Waals surface area (Å²) in [6.07, 6.45) is 0.136. The van der Waals surface area contributed by atoms with Crippen LogP contribution in [0, 0.1) is 0 Å². The molecule has 0 saturated heterocycles. The predicted octanol–water partition coefficient (Wildman–Crippen LogP) is 1.06. The normalized spacial score (nSPS) is 9.85. The molecular formula is C10H11O2S-. The number of carbonyl (C=O) groups excluding carboxylic acids is 1. The summed E-state index contributed by atoms with van der Waals surface area (Å²) in [7, 11) is 0. The summed E-state index contributed by atoms with van der Waals surface area (Å²) in [6, 6.07) is 10.00. The minimum Gasteiger partial charge on any atom is -0.550 e. The van der Waals surface area contributed by atoms with E-state index in [1.165, 1.54) is 5.56 Å². The maximum Gasteiger partial charge on any atom is 0.0422 e. The number of hydrogen-bond donors (Lipinski definition) is 0. The van der Waals surface area contributed by atoms with Gasteiger partial charge in [-0.25, -0.2) is 0 Å². The molecule has 2 nitrogen and oxygen atoms in total. The maximum absolute atomic E-state index is 10.1. The Labute approximate surface area is 82.0 Å². The number of benzene rings is 1. The molecule has 13 heavy (non-hydrogen) atoms. The lowest BCUT2D eigenvalue weighted by Crippen LogP contribution is -2.22. The highest BCUT2D eigenvalue weighted by molar-refractivity contribution is 7.98. The van der Waals surface area contributed by atoms with Crippen LogP contribution in [-0.2, 0) is 10.5 Å². The fraction of sp³-hybridized carbons (Fsp3) is 0.300. The first-order valence-electron chi connectivity index (χ1n) is 4.10. The van der Waals surface area contributed by atoms with Gasteiger partial charge in [-0.15, -0.1) is 0 Å². The van der Waals surface area contributed by atoms with E-state index in [9.17, 15) is 9.90 Å². The molecule has 0 aliphatic carbocycles. The third-order valence-electron chi connectivity index (χ3n) is 1.56. The number of rotatable bonds is 5. The molecule has 1 aromatic rings. The number of hydrogen-bond acceptors (Lipinski definition) is 3. The highest BCUT2D eigenvalue weighted by Crippen LogP contribution is 2.11. The highest BCUT2D eigenvalue weighted by Gasteiger charge is 1.92. The molecule has 0 aromatic heterocycles. The van der Waals surface area contributed by atoms with Crippen molar-refractivity contribution in [2.75, 3.05) is 5.75 Å². The van der Waals surface area contributed by atoms with E-state index in [-0.39, 0.29) is 6.42 Å². The topological polar surface area (TPSA) is 40.1 Å². The lowest BCUT2D eigenvalue weighted by Gasteiger charge is -2.02. The molecule has 0 bridgehead atoms. The van der Waals surface area contributed by atoms with Crippen molar-refractivity contribution in [2.45, 2.75) is 12.2 Å². The minimum atomic E-state index is -0.972. The van der Waals surface area contributed by atoms with Crippen LogP contribution in [0.1, 0.15) is 12.0 Å². The molecule has 0 unspecified atom stereocenters. The van der Waals surface area contributed by atoms with Crippen molar-refractivity contribution >= 4 is 17.7 Å². The number of carboxylic acids is 1. The van der Waals surface area contributed by atoms with E-state index in [0.717, 1.165) is 5.75 Å². The average Bonchev–Trinajstić information content (AvgIpc) is 2.14. The predicted molar refractivity (Wildman–Crippen MR) is 52.2 cm³/mol. The van der Waals surface area contributed by atoms with Gasteiger partial charge in [-0.2, -0.15) is 11.8 Å². The summed E-state index contributed by atoms with van der Waals surface area (Å²) in [5.41, 5.74) is 1.23. The fourth-order valence-corrected chi connectivity index (χ4v) is 1.80. The van der Waals surface area contributed by atoms with E-state index in [4.69, 9.17) is 0 Å². The van der Waals surface area contributed by atoms with Gasteiger partial charge in [-0.3, -0.25) is 0 Å². The van der Waals surface area contributed by atoms with Crippen molar-refractivity contribution in [1.82, 2.24) is 0 Å². The zero-order valence-electron chi connectivity index (χ0n) is 7.23. The molecule has 0 radical (unpaired) electrons. The van der Waals surface area contributed by atoms with Gasteiger partial charge in [0.2, 0.25) is 0 Å². The Morgan fingerprint density at radius 1 is 1.31 bits per heavy atom. The second kappa shape index (κ2) is 5.65. The van der Waals surface area contributed by atoms with Crippen molar-refractivity contribution in [1.29, 1.82) is 0 Å². The Kier molecular flexibility index (Phi) is 4.40. The van der Waals surface area contributed by atoms with Crippen LogP contribution in [0.15, 0.2) is 30.3 Å². The summed E-state index contributed by atoms with van der Waals surface area (Å²) in [5.74, 6) is 0.520. The maximum atomic E-state index is 10.1. The number of carbonyl (C=O) groups is 1. The Morgan fingerprint density at radius 2 is 2.00 bits per heavy atom. The number of aliphatic carboxylic acids is 1. The van der Waals surface area contributed by atoms with Crippen LogP contribution in [-0.4, -0.2) is 11.7 Å². The summed E-state index contributed by atoms with van der Waals surface area (Å²) >= 11 is 1.61. The van der Waals surface area contributed by atoms with Crippen LogP contribution < -0.4 is 5.11 Å². The minimum absolute atomic E-state index is 0.136. The zero-order valence-corrected chi connectivity index (χ0v) is 8.05. The van der Waals surface area contributed by atoms with Crippen LogP contribution in [0.3, 0.4) is 0 Å². The molecule has 0 amide bonds. The van der Waals surface area contributed by atoms with Gasteiger partial charge in [0, 0.05) is 11.7 Å². The van der Waals surface area contributed by atoms with Gasteiger partial charge in [-0.1, -0.05) is 30.3 Å². The number of carboxylic acid groups (broad SMARTS) is 1. The molecule has 0 spiro atoms. The first-order chi connectivity index (χ1) is 6.29. The van der Waals surface area contributed by atoms with Gasteiger partial charge < -0.3 is 9.90 Å². The standard InChI is InChI=1S/C10H12O2S/c11-10(12)6-7-13-8-9-4-2-1-3-5-9/h1-5H,6-8H2,(H,11,12)/p-1. The fourth-order valence-electron chi connectivity index (χ4n) is 0.920. The molecule has 0 N–H and O–H groups in total. The van der Waals surface area contributed by atoms with Crippen molar-refractivity contribution < 1.29 is 9.90 Å². The van der Waals surface area contributed by atoms with Crippen molar-refractivity contribution in [3.8, 4) is 0 Å². The lowest BCUT2D eigenvalue weighted by atomic mass is 10.2. The van der Waals surface area contributed by atoms with Crippen molar-refractivity contribution in [2.24, 2.45) is 0 Å². The van der Waals surface area contributed by atoms with Crippen LogP contribution in [0.5, 0.6) is 0 Å². The molecule has 1 rings (SSSR count). The van der Waals surface area contributed by atoms with Gasteiger partial charge in [-0.05, 0) is 17.7 Å². The first kappa shape index (κ1) is 10.1. The highest BCUT2D eigenvalue weighted by atomic mass is 32.2. The van der Waals surface area contributed by atoms with Gasteiger partial charge in [0.25, 0.3) is 0 Å². The third-order valence-corrected chi connectivity index (χ3v) is 2.59. The molecule has 0 atom stereocenters. The summed E-state index contributed by atoms with van der Waals surface area (Å²) in [5, 5.41) is 10.1. The summed E-state index contributed by atoms with van der Waals surface area (Å²) in [6.45, 7) is 0. The summed E-state index contributed by atoms with van der Waals surface area (Å²) in [4.78, 5) is 10.1. The van der Waals surface area contributed by atoms with E-state index in [2.05, 4.69) is 0 Å². The quantitative estimate of drug-likeness (QED) is 0.659. The van der Waals surface area contributed by atoms with E-state index in [0.29, 0.717) is 5.75 Å². The molecule has 0 aliphatic heterocycles. The number of thioether (sulfide) groups is 1. The molecule has 3 heteroatoms. The second-order valence-electron chi connectivity index (χ2n) is 2.66. The van der Waals surface area contributed by atoms with E-state index in [1.807, 2.05) is 30.3 Å². The lowest BCUT2D eigenvalue weighted by molar-refractivity contribution is -0.305. The molecule has 0 aliphatic rings. The smallest absolute Gasteiger partial charge is 0.0422 e. The largest absolute Gasteiger partial charge is 0.550 e. The zero-order chi connectivity index (χ0) is 9.52. The van der Waals surface area contributed by atoms with Gasteiger partial charge in [0.1, 0.15) is 0 Å². The van der Waals surface area contributed by atoms with Crippen molar-refractivity contribution in [3.63, 3.8) is 0 Å². The van der Waals surface area contributed by atoms with Crippen LogP contribution >= 0.6 is 11.8 Å². The molecule has 0 heterocycles. The van der Waals surface area contributed by atoms with Crippen LogP contribution in [0.25, 0.3) is 0 Å².